The van der Waals surface area contributed by atoms with Crippen LogP contribution in [0.25, 0.3) is 16.7 Å². The number of carbonyl (C=O) groups excluding carboxylic acids is 1. The normalized spacial score (nSPS) is 10.6. The lowest BCUT2D eigenvalue weighted by Crippen LogP contribution is -2.10. The Labute approximate surface area is 135 Å². The first-order chi connectivity index (χ1) is 11.2. The minimum absolute atomic E-state index is 0.644. The maximum absolute atomic E-state index is 11.0. The van der Waals surface area contributed by atoms with Crippen molar-refractivity contribution in [2.24, 2.45) is 0 Å². The van der Waals surface area contributed by atoms with Gasteiger partial charge in [0.1, 0.15) is 12.6 Å². The van der Waals surface area contributed by atoms with Crippen molar-refractivity contribution in [3.8, 4) is 17.5 Å². The molecule has 0 unspecified atom stereocenters. The number of rotatable bonds is 3. The average molecular weight is 303 g/mol. The molecule has 114 valence electrons. The Hall–Kier alpha value is -2.90. The molecule has 3 rings (SSSR count). The largest absolute Gasteiger partial charge is 0.299 e. The van der Waals surface area contributed by atoms with Crippen LogP contribution in [0.2, 0.25) is 0 Å². The minimum atomic E-state index is 0.644. The molecule has 0 atom stereocenters. The monoisotopic (exact) mass is 303 g/mol. The molecule has 0 radical (unpaired) electrons. The molecule has 0 bridgehead atoms. The molecule has 4 nitrogen and oxygen atoms in total. The molecule has 1 aromatic heterocycles. The summed E-state index contributed by atoms with van der Waals surface area (Å²) < 4.78 is 1.97. The van der Waals surface area contributed by atoms with E-state index in [1.165, 1.54) is 0 Å². The van der Waals surface area contributed by atoms with Gasteiger partial charge in [0.05, 0.1) is 17.6 Å². The summed E-state index contributed by atoms with van der Waals surface area (Å²) in [5.74, 6) is 6.26. The zero-order valence-electron chi connectivity index (χ0n) is 13.2. The van der Waals surface area contributed by atoms with Gasteiger partial charge < -0.3 is 0 Å². The van der Waals surface area contributed by atoms with Crippen LogP contribution in [0.15, 0.2) is 48.8 Å². The first-order valence-electron chi connectivity index (χ1n) is 7.34. The van der Waals surface area contributed by atoms with Gasteiger partial charge in [0.15, 0.2) is 0 Å². The maximum Gasteiger partial charge on any atom is 0.150 e. The van der Waals surface area contributed by atoms with E-state index < -0.39 is 0 Å². The number of imidazole rings is 1. The fourth-order valence-electron chi connectivity index (χ4n) is 2.31. The van der Waals surface area contributed by atoms with Crippen molar-refractivity contribution in [1.29, 1.82) is 0 Å². The zero-order chi connectivity index (χ0) is 16.2. The number of carbonyl (C=O) groups is 1. The van der Waals surface area contributed by atoms with Gasteiger partial charge in [0, 0.05) is 16.8 Å². The van der Waals surface area contributed by atoms with E-state index in [1.54, 1.807) is 12.4 Å². The van der Waals surface area contributed by atoms with Gasteiger partial charge in [0.25, 0.3) is 0 Å². The topological polar surface area (TPSA) is 38.1 Å². The van der Waals surface area contributed by atoms with E-state index in [0.29, 0.717) is 5.56 Å². The second kappa shape index (κ2) is 6.47. The van der Waals surface area contributed by atoms with E-state index in [9.17, 15) is 4.79 Å². The van der Waals surface area contributed by atoms with Crippen LogP contribution in [0, 0.1) is 11.8 Å². The first-order valence-corrected chi connectivity index (χ1v) is 7.34. The molecule has 0 aliphatic carbocycles. The highest BCUT2D eigenvalue weighted by atomic mass is 16.1. The molecule has 3 aromatic rings. The van der Waals surface area contributed by atoms with Crippen LogP contribution in [0.4, 0.5) is 0 Å². The molecule has 0 aliphatic rings. The van der Waals surface area contributed by atoms with Crippen molar-refractivity contribution in [3.05, 3.63) is 59.9 Å². The van der Waals surface area contributed by atoms with Crippen molar-refractivity contribution in [2.45, 2.75) is 0 Å². The quantitative estimate of drug-likeness (QED) is 0.551. The van der Waals surface area contributed by atoms with Gasteiger partial charge >= 0.3 is 0 Å². The smallest absolute Gasteiger partial charge is 0.150 e. The lowest BCUT2D eigenvalue weighted by atomic mass is 10.2. The average Bonchev–Trinajstić information content (AvgIpc) is 2.98. The third-order valence-electron chi connectivity index (χ3n) is 3.48. The SMILES string of the molecule is CN(C)CC#Cc1ccc(-n2cnc3ccc(C=O)cc32)cc1. The third-order valence-corrected chi connectivity index (χ3v) is 3.48. The van der Waals surface area contributed by atoms with Gasteiger partial charge in [-0.3, -0.25) is 14.3 Å². The van der Waals surface area contributed by atoms with Crippen molar-refractivity contribution < 1.29 is 4.79 Å². The highest BCUT2D eigenvalue weighted by molar-refractivity contribution is 5.85. The number of aromatic nitrogens is 2. The molecule has 0 aliphatic heterocycles. The third kappa shape index (κ3) is 3.31. The summed E-state index contributed by atoms with van der Waals surface area (Å²) in [6.45, 7) is 0.738. The van der Waals surface area contributed by atoms with E-state index in [4.69, 9.17) is 0 Å². The van der Waals surface area contributed by atoms with Crippen LogP contribution in [-0.2, 0) is 0 Å². The molecule has 4 heteroatoms. The van der Waals surface area contributed by atoms with Gasteiger partial charge in [-0.1, -0.05) is 11.8 Å². The fourth-order valence-corrected chi connectivity index (χ4v) is 2.31. The Bertz CT molecular complexity index is 896. The second-order valence-corrected chi connectivity index (χ2v) is 5.57. The summed E-state index contributed by atoms with van der Waals surface area (Å²) in [6, 6.07) is 13.5. The Morgan fingerprint density at radius 2 is 1.96 bits per heavy atom. The molecule has 23 heavy (non-hydrogen) atoms. The van der Waals surface area contributed by atoms with Crippen LogP contribution in [0.1, 0.15) is 15.9 Å². The molecule has 0 N–H and O–H groups in total. The molecule has 2 aromatic carbocycles. The maximum atomic E-state index is 11.0. The van der Waals surface area contributed by atoms with E-state index >= 15 is 0 Å². The number of benzene rings is 2. The van der Waals surface area contributed by atoms with E-state index in [0.717, 1.165) is 35.1 Å². The molecule has 0 saturated heterocycles. The van der Waals surface area contributed by atoms with E-state index in [1.807, 2.05) is 60.0 Å². The van der Waals surface area contributed by atoms with Gasteiger partial charge in [-0.05, 0) is 56.6 Å². The van der Waals surface area contributed by atoms with Gasteiger partial charge in [-0.15, -0.1) is 0 Å². The summed E-state index contributed by atoms with van der Waals surface area (Å²) in [4.78, 5) is 17.4. The van der Waals surface area contributed by atoms with Crippen molar-refractivity contribution in [1.82, 2.24) is 14.5 Å². The number of hydrogen-bond acceptors (Lipinski definition) is 3. The standard InChI is InChI=1S/C19H17N3O/c1-21(2)11-3-4-15-5-8-17(9-6-15)22-14-20-18-10-7-16(13-23)12-19(18)22/h5-10,12-14H,11H2,1-2H3. The molecule has 0 amide bonds. The summed E-state index contributed by atoms with van der Waals surface area (Å²) in [5.41, 5.74) is 4.40. The molecule has 0 saturated carbocycles. The molecular formula is C19H17N3O. The fraction of sp³-hybridized carbons (Fsp3) is 0.158. The Morgan fingerprint density at radius 1 is 1.17 bits per heavy atom. The van der Waals surface area contributed by atoms with Crippen LogP contribution in [-0.4, -0.2) is 41.4 Å². The highest BCUT2D eigenvalue weighted by Gasteiger charge is 2.05. The van der Waals surface area contributed by atoms with Crippen LogP contribution in [0.5, 0.6) is 0 Å². The molecule has 1 heterocycles. The van der Waals surface area contributed by atoms with E-state index in [2.05, 4.69) is 16.8 Å². The summed E-state index contributed by atoms with van der Waals surface area (Å²) in [5, 5.41) is 0. The predicted molar refractivity (Wildman–Crippen MR) is 91.9 cm³/mol. The molecule has 0 spiro atoms. The molecular weight excluding hydrogens is 286 g/mol. The number of fused-ring (bicyclic) bond motifs is 1. The summed E-state index contributed by atoms with van der Waals surface area (Å²) in [6.07, 6.45) is 2.62. The van der Waals surface area contributed by atoms with Gasteiger partial charge in [-0.2, -0.15) is 0 Å². The van der Waals surface area contributed by atoms with Crippen molar-refractivity contribution in [2.75, 3.05) is 20.6 Å². The number of hydrogen-bond donors (Lipinski definition) is 0. The zero-order valence-corrected chi connectivity index (χ0v) is 13.2. The van der Waals surface area contributed by atoms with Crippen LogP contribution in [0.3, 0.4) is 0 Å². The van der Waals surface area contributed by atoms with Crippen LogP contribution >= 0.6 is 0 Å². The lowest BCUT2D eigenvalue weighted by molar-refractivity contribution is 0.112. The van der Waals surface area contributed by atoms with E-state index in [-0.39, 0.29) is 0 Å². The van der Waals surface area contributed by atoms with Crippen molar-refractivity contribution >= 4 is 17.3 Å². The first kappa shape index (κ1) is 15.0. The lowest BCUT2D eigenvalue weighted by Gasteiger charge is -2.05. The predicted octanol–water partition coefficient (Wildman–Crippen LogP) is 2.75. The molecule has 0 fully saturated rings. The number of aldehydes is 1. The Balaban J connectivity index is 1.92. The Kier molecular flexibility index (Phi) is 4.22. The minimum Gasteiger partial charge on any atom is -0.299 e. The number of nitrogens with zero attached hydrogens (tertiary/aromatic N) is 3. The Morgan fingerprint density at radius 3 is 2.65 bits per heavy atom. The summed E-state index contributed by atoms with van der Waals surface area (Å²) >= 11 is 0. The van der Waals surface area contributed by atoms with Gasteiger partial charge in [-0.25, -0.2) is 4.98 Å². The van der Waals surface area contributed by atoms with Crippen LogP contribution < -0.4 is 0 Å². The van der Waals surface area contributed by atoms with Gasteiger partial charge in [0.2, 0.25) is 0 Å². The second-order valence-electron chi connectivity index (χ2n) is 5.57. The summed E-state index contributed by atoms with van der Waals surface area (Å²) in [7, 11) is 3.99. The van der Waals surface area contributed by atoms with Crippen molar-refractivity contribution in [3.63, 3.8) is 0 Å². The highest BCUT2D eigenvalue weighted by Crippen LogP contribution is 2.19.